The second-order valence-electron chi connectivity index (χ2n) is 4.43. The summed E-state index contributed by atoms with van der Waals surface area (Å²) in [6.45, 7) is 0.214. The predicted octanol–water partition coefficient (Wildman–Crippen LogP) is 3.55. The summed E-state index contributed by atoms with van der Waals surface area (Å²) in [6, 6.07) is 10.9. The van der Waals surface area contributed by atoms with Crippen LogP contribution in [0.5, 0.6) is 11.5 Å². The Labute approximate surface area is 149 Å². The van der Waals surface area contributed by atoms with Crippen molar-refractivity contribution < 1.29 is 14.3 Å². The Balaban J connectivity index is 1.70. The molecule has 2 aromatic carbocycles. The van der Waals surface area contributed by atoms with Gasteiger partial charge >= 0.3 is 0 Å². The standard InChI is InChI=1S/C15H10BrIN2O3/c16-12-6-14-13(21-8-22-14)5-10(12)7-18-19-15(20)9-1-3-11(17)4-2-9/h1-7H,8H2,(H,19,20)/b18-7-. The molecule has 1 heterocycles. The van der Waals surface area contributed by atoms with Crippen LogP contribution in [0.3, 0.4) is 0 Å². The number of carbonyl (C=O) groups excluding carboxylic acids is 1. The minimum Gasteiger partial charge on any atom is -0.454 e. The van der Waals surface area contributed by atoms with E-state index in [2.05, 4.69) is 49.0 Å². The molecule has 22 heavy (non-hydrogen) atoms. The Bertz CT molecular complexity index is 747. The monoisotopic (exact) mass is 472 g/mol. The average Bonchev–Trinajstić information content (AvgIpc) is 2.95. The number of carbonyl (C=O) groups is 1. The maximum Gasteiger partial charge on any atom is 0.271 e. The molecular formula is C15H10BrIN2O3. The zero-order valence-corrected chi connectivity index (χ0v) is 14.9. The minimum atomic E-state index is -0.260. The van der Waals surface area contributed by atoms with Crippen molar-refractivity contribution in [3.05, 3.63) is 55.6 Å². The molecule has 0 saturated heterocycles. The zero-order valence-electron chi connectivity index (χ0n) is 11.2. The van der Waals surface area contributed by atoms with Crippen molar-refractivity contribution in [2.75, 3.05) is 6.79 Å². The summed E-state index contributed by atoms with van der Waals surface area (Å²) >= 11 is 5.62. The largest absolute Gasteiger partial charge is 0.454 e. The molecule has 0 unspecified atom stereocenters. The maximum atomic E-state index is 11.9. The summed E-state index contributed by atoms with van der Waals surface area (Å²) in [6.07, 6.45) is 1.55. The van der Waals surface area contributed by atoms with Crippen LogP contribution in [0.1, 0.15) is 15.9 Å². The van der Waals surface area contributed by atoms with Gasteiger partial charge in [0.05, 0.1) is 6.21 Å². The van der Waals surface area contributed by atoms with Gasteiger partial charge in [-0.25, -0.2) is 5.43 Å². The highest BCUT2D eigenvalue weighted by Crippen LogP contribution is 2.36. The van der Waals surface area contributed by atoms with Gasteiger partial charge in [0.1, 0.15) is 0 Å². The smallest absolute Gasteiger partial charge is 0.271 e. The fourth-order valence-corrected chi connectivity index (χ4v) is 2.64. The molecule has 1 aliphatic heterocycles. The number of amides is 1. The number of benzene rings is 2. The van der Waals surface area contributed by atoms with Crippen LogP contribution in [-0.4, -0.2) is 18.9 Å². The van der Waals surface area contributed by atoms with E-state index in [1.165, 1.54) is 0 Å². The quantitative estimate of drug-likeness (QED) is 0.422. The van der Waals surface area contributed by atoms with Gasteiger partial charge in [0.15, 0.2) is 11.5 Å². The number of fused-ring (bicyclic) bond motifs is 1. The number of nitrogens with zero attached hydrogens (tertiary/aromatic N) is 1. The molecule has 0 bridgehead atoms. The maximum absolute atomic E-state index is 11.9. The lowest BCUT2D eigenvalue weighted by Gasteiger charge is -2.02. The highest BCUT2D eigenvalue weighted by molar-refractivity contribution is 14.1. The number of hydrogen-bond acceptors (Lipinski definition) is 4. The molecular weight excluding hydrogens is 463 g/mol. The van der Waals surface area contributed by atoms with Gasteiger partial charge < -0.3 is 9.47 Å². The second kappa shape index (κ2) is 6.66. The summed E-state index contributed by atoms with van der Waals surface area (Å²) in [5, 5.41) is 3.97. The third-order valence-electron chi connectivity index (χ3n) is 2.97. The van der Waals surface area contributed by atoms with Crippen LogP contribution in [0.4, 0.5) is 0 Å². The first kappa shape index (κ1) is 15.3. The molecule has 112 valence electrons. The fraction of sp³-hybridized carbons (Fsp3) is 0.0667. The van der Waals surface area contributed by atoms with E-state index in [0.717, 1.165) is 13.6 Å². The van der Waals surface area contributed by atoms with Gasteiger partial charge in [-0.05, 0) is 74.9 Å². The molecule has 1 N–H and O–H groups in total. The number of ether oxygens (including phenoxy) is 2. The molecule has 0 fully saturated rings. The third-order valence-corrected chi connectivity index (χ3v) is 4.37. The molecule has 7 heteroatoms. The van der Waals surface area contributed by atoms with Gasteiger partial charge in [-0.1, -0.05) is 0 Å². The highest BCUT2D eigenvalue weighted by Gasteiger charge is 2.15. The van der Waals surface area contributed by atoms with Crippen molar-refractivity contribution in [1.29, 1.82) is 0 Å². The molecule has 0 atom stereocenters. The van der Waals surface area contributed by atoms with Gasteiger partial charge in [-0.2, -0.15) is 5.10 Å². The number of nitrogens with one attached hydrogen (secondary N) is 1. The lowest BCUT2D eigenvalue weighted by molar-refractivity contribution is 0.0955. The minimum absolute atomic E-state index is 0.214. The third kappa shape index (κ3) is 3.41. The fourth-order valence-electron chi connectivity index (χ4n) is 1.86. The molecule has 1 amide bonds. The van der Waals surface area contributed by atoms with Crippen LogP contribution in [0.25, 0.3) is 0 Å². The van der Waals surface area contributed by atoms with Gasteiger partial charge in [0.2, 0.25) is 6.79 Å². The van der Waals surface area contributed by atoms with Crippen LogP contribution in [0, 0.1) is 3.57 Å². The van der Waals surface area contributed by atoms with E-state index in [-0.39, 0.29) is 12.7 Å². The van der Waals surface area contributed by atoms with Crippen molar-refractivity contribution in [2.45, 2.75) is 0 Å². The van der Waals surface area contributed by atoms with Crippen LogP contribution >= 0.6 is 38.5 Å². The molecule has 5 nitrogen and oxygen atoms in total. The Morgan fingerprint density at radius 3 is 2.64 bits per heavy atom. The Kier molecular flexibility index (Phi) is 4.63. The van der Waals surface area contributed by atoms with Crippen LogP contribution in [0.15, 0.2) is 46.0 Å². The van der Waals surface area contributed by atoms with E-state index in [9.17, 15) is 4.79 Å². The summed E-state index contributed by atoms with van der Waals surface area (Å²) < 4.78 is 12.5. The van der Waals surface area contributed by atoms with E-state index in [1.807, 2.05) is 18.2 Å². The van der Waals surface area contributed by atoms with Gasteiger partial charge in [-0.3, -0.25) is 4.79 Å². The van der Waals surface area contributed by atoms with E-state index in [1.54, 1.807) is 24.4 Å². The summed E-state index contributed by atoms with van der Waals surface area (Å²) in [5.41, 5.74) is 3.84. The predicted molar refractivity (Wildman–Crippen MR) is 94.5 cm³/mol. The molecule has 0 aromatic heterocycles. The van der Waals surface area contributed by atoms with E-state index >= 15 is 0 Å². The summed E-state index contributed by atoms with van der Waals surface area (Å²) in [7, 11) is 0. The number of rotatable bonds is 3. The Morgan fingerprint density at radius 2 is 1.91 bits per heavy atom. The Morgan fingerprint density at radius 1 is 1.23 bits per heavy atom. The number of hydrogen-bond donors (Lipinski definition) is 1. The second-order valence-corrected chi connectivity index (χ2v) is 6.53. The topological polar surface area (TPSA) is 59.9 Å². The molecule has 0 aliphatic carbocycles. The lowest BCUT2D eigenvalue weighted by Crippen LogP contribution is -2.17. The molecule has 1 aliphatic rings. The zero-order chi connectivity index (χ0) is 15.5. The summed E-state index contributed by atoms with van der Waals surface area (Å²) in [4.78, 5) is 11.9. The first-order chi connectivity index (χ1) is 10.6. The lowest BCUT2D eigenvalue weighted by atomic mass is 10.2. The number of hydrazone groups is 1. The van der Waals surface area contributed by atoms with Gasteiger partial charge in [0.25, 0.3) is 5.91 Å². The van der Waals surface area contributed by atoms with Gasteiger partial charge in [0, 0.05) is 19.2 Å². The van der Waals surface area contributed by atoms with Crippen LogP contribution in [-0.2, 0) is 0 Å². The first-order valence-electron chi connectivity index (χ1n) is 6.31. The van der Waals surface area contributed by atoms with Crippen molar-refractivity contribution in [3.63, 3.8) is 0 Å². The SMILES string of the molecule is O=C(N/N=C\c1cc2c(cc1Br)OCO2)c1ccc(I)cc1. The average molecular weight is 473 g/mol. The van der Waals surface area contributed by atoms with Crippen molar-refractivity contribution in [3.8, 4) is 11.5 Å². The van der Waals surface area contributed by atoms with E-state index < -0.39 is 0 Å². The molecule has 3 rings (SSSR count). The number of halogens is 2. The molecule has 0 spiro atoms. The molecule has 2 aromatic rings. The van der Waals surface area contributed by atoms with Crippen LogP contribution < -0.4 is 14.9 Å². The normalized spacial score (nSPS) is 12.6. The Hall–Kier alpha value is -1.61. The van der Waals surface area contributed by atoms with E-state index in [4.69, 9.17) is 9.47 Å². The van der Waals surface area contributed by atoms with Crippen molar-refractivity contribution in [1.82, 2.24) is 5.43 Å². The van der Waals surface area contributed by atoms with Crippen molar-refractivity contribution in [2.24, 2.45) is 5.10 Å². The highest BCUT2D eigenvalue weighted by atomic mass is 127. The molecule has 0 radical (unpaired) electrons. The first-order valence-corrected chi connectivity index (χ1v) is 8.19. The summed E-state index contributed by atoms with van der Waals surface area (Å²) in [5.74, 6) is 1.09. The van der Waals surface area contributed by atoms with E-state index in [0.29, 0.717) is 17.1 Å². The molecule has 0 saturated carbocycles. The van der Waals surface area contributed by atoms with Gasteiger partial charge in [-0.15, -0.1) is 0 Å². The van der Waals surface area contributed by atoms with Crippen molar-refractivity contribution >= 4 is 50.6 Å². The van der Waals surface area contributed by atoms with Crippen LogP contribution in [0.2, 0.25) is 0 Å².